The van der Waals surface area contributed by atoms with E-state index < -0.39 is 5.41 Å². The molecule has 0 bridgehead atoms. The van der Waals surface area contributed by atoms with Crippen molar-refractivity contribution in [2.75, 3.05) is 23.3 Å². The summed E-state index contributed by atoms with van der Waals surface area (Å²) in [6.07, 6.45) is 3.88. The summed E-state index contributed by atoms with van der Waals surface area (Å²) in [5, 5.41) is 2.96. The summed E-state index contributed by atoms with van der Waals surface area (Å²) in [5.41, 5.74) is 1.78. The van der Waals surface area contributed by atoms with E-state index in [1.807, 2.05) is 24.3 Å². The number of nitrogens with zero attached hydrogens (tertiary/aromatic N) is 1. The van der Waals surface area contributed by atoms with Gasteiger partial charge in [0.1, 0.15) is 5.82 Å². The molecule has 0 radical (unpaired) electrons. The number of carbonyl (C=O) groups excluding carboxylic acids is 1. The van der Waals surface area contributed by atoms with E-state index >= 15 is 0 Å². The van der Waals surface area contributed by atoms with Gasteiger partial charge in [-0.05, 0) is 56.0 Å². The number of nitrogens with one attached hydrogen (secondary N) is 1. The lowest BCUT2D eigenvalue weighted by atomic mass is 9.94. The van der Waals surface area contributed by atoms with Gasteiger partial charge in [0.2, 0.25) is 5.91 Å². The van der Waals surface area contributed by atoms with Crippen molar-refractivity contribution in [1.82, 2.24) is 0 Å². The van der Waals surface area contributed by atoms with Crippen LogP contribution in [0.25, 0.3) is 0 Å². The molecule has 1 saturated carbocycles. The number of hydrogen-bond donors (Lipinski definition) is 1. The van der Waals surface area contributed by atoms with Crippen molar-refractivity contribution in [3.8, 4) is 0 Å². The monoisotopic (exact) mass is 324 g/mol. The first-order valence-electron chi connectivity index (χ1n) is 8.60. The molecule has 3 nitrogen and oxygen atoms in total. The summed E-state index contributed by atoms with van der Waals surface area (Å²) in [7, 11) is 0. The molecule has 4 heteroatoms. The predicted molar refractivity (Wildman–Crippen MR) is 93.8 cm³/mol. The summed E-state index contributed by atoms with van der Waals surface area (Å²) in [5.74, 6) is -0.406. The van der Waals surface area contributed by atoms with Crippen LogP contribution in [0.3, 0.4) is 0 Å². The summed E-state index contributed by atoms with van der Waals surface area (Å²) >= 11 is 0. The van der Waals surface area contributed by atoms with Gasteiger partial charge in [-0.1, -0.05) is 18.2 Å². The molecule has 2 aromatic rings. The lowest BCUT2D eigenvalue weighted by Crippen LogP contribution is -2.28. The molecule has 0 spiro atoms. The van der Waals surface area contributed by atoms with E-state index in [0.29, 0.717) is 18.4 Å². The maximum absolute atomic E-state index is 14.1. The maximum Gasteiger partial charge on any atom is 0.235 e. The molecule has 1 aliphatic carbocycles. The van der Waals surface area contributed by atoms with Crippen LogP contribution in [0.5, 0.6) is 0 Å². The third kappa shape index (κ3) is 2.66. The molecule has 0 unspecified atom stereocenters. The Hall–Kier alpha value is -2.36. The van der Waals surface area contributed by atoms with E-state index in [1.54, 1.807) is 18.2 Å². The zero-order chi connectivity index (χ0) is 16.6. The highest BCUT2D eigenvalue weighted by atomic mass is 19.1. The minimum absolute atomic E-state index is 0.110. The van der Waals surface area contributed by atoms with Gasteiger partial charge in [0.25, 0.3) is 0 Å². The Morgan fingerprint density at radius 2 is 1.67 bits per heavy atom. The Morgan fingerprint density at radius 1 is 1.00 bits per heavy atom. The first-order valence-corrected chi connectivity index (χ1v) is 8.60. The second-order valence-corrected chi connectivity index (χ2v) is 6.76. The molecule has 1 saturated heterocycles. The highest BCUT2D eigenvalue weighted by Crippen LogP contribution is 2.49. The van der Waals surface area contributed by atoms with Gasteiger partial charge >= 0.3 is 0 Å². The first kappa shape index (κ1) is 15.2. The third-order valence-electron chi connectivity index (χ3n) is 5.17. The van der Waals surface area contributed by atoms with Crippen molar-refractivity contribution >= 4 is 17.3 Å². The van der Waals surface area contributed by atoms with E-state index in [1.165, 1.54) is 24.6 Å². The zero-order valence-electron chi connectivity index (χ0n) is 13.6. The van der Waals surface area contributed by atoms with Gasteiger partial charge in [-0.15, -0.1) is 0 Å². The van der Waals surface area contributed by atoms with Gasteiger partial charge in [0.15, 0.2) is 0 Å². The molecule has 0 aromatic heterocycles. The summed E-state index contributed by atoms with van der Waals surface area (Å²) in [4.78, 5) is 15.1. The van der Waals surface area contributed by atoms with Gasteiger partial charge in [0, 0.05) is 30.0 Å². The van der Waals surface area contributed by atoms with Gasteiger partial charge in [-0.2, -0.15) is 0 Å². The Balaban J connectivity index is 1.49. The topological polar surface area (TPSA) is 32.3 Å². The van der Waals surface area contributed by atoms with Crippen LogP contribution in [0.4, 0.5) is 15.8 Å². The molecule has 2 aliphatic rings. The molecule has 124 valence electrons. The molecule has 1 amide bonds. The van der Waals surface area contributed by atoms with Crippen LogP contribution in [0.15, 0.2) is 48.5 Å². The van der Waals surface area contributed by atoms with Gasteiger partial charge in [-0.25, -0.2) is 4.39 Å². The van der Waals surface area contributed by atoms with E-state index in [-0.39, 0.29) is 11.7 Å². The summed E-state index contributed by atoms with van der Waals surface area (Å²) < 4.78 is 14.1. The highest BCUT2D eigenvalue weighted by molar-refractivity contribution is 6.01. The number of hydrogen-bond acceptors (Lipinski definition) is 2. The minimum atomic E-state index is -0.695. The van der Waals surface area contributed by atoms with Crippen molar-refractivity contribution in [3.05, 3.63) is 59.9 Å². The smallest absolute Gasteiger partial charge is 0.235 e. The normalized spacial score (nSPS) is 18.5. The number of amides is 1. The van der Waals surface area contributed by atoms with Crippen molar-refractivity contribution in [2.24, 2.45) is 0 Å². The molecule has 2 fully saturated rings. The van der Waals surface area contributed by atoms with Crippen LogP contribution in [0, 0.1) is 5.82 Å². The molecular weight excluding hydrogens is 303 g/mol. The van der Waals surface area contributed by atoms with Crippen LogP contribution >= 0.6 is 0 Å². The Kier molecular flexibility index (Phi) is 3.75. The number of carbonyl (C=O) groups is 1. The van der Waals surface area contributed by atoms with Gasteiger partial charge in [0.05, 0.1) is 5.41 Å². The van der Waals surface area contributed by atoms with Crippen molar-refractivity contribution < 1.29 is 9.18 Å². The quantitative estimate of drug-likeness (QED) is 0.918. The Bertz CT molecular complexity index is 746. The Labute approximate surface area is 141 Å². The van der Waals surface area contributed by atoms with Crippen molar-refractivity contribution in [1.29, 1.82) is 0 Å². The van der Waals surface area contributed by atoms with E-state index in [4.69, 9.17) is 0 Å². The second-order valence-electron chi connectivity index (χ2n) is 6.76. The van der Waals surface area contributed by atoms with Crippen LogP contribution in [0.1, 0.15) is 31.2 Å². The molecule has 1 aliphatic heterocycles. The lowest BCUT2D eigenvalue weighted by molar-refractivity contribution is -0.118. The summed E-state index contributed by atoms with van der Waals surface area (Å²) in [6.45, 7) is 2.20. The largest absolute Gasteiger partial charge is 0.372 e. The van der Waals surface area contributed by atoms with E-state index in [0.717, 1.165) is 18.8 Å². The number of rotatable bonds is 4. The van der Waals surface area contributed by atoms with Crippen LogP contribution in [0.2, 0.25) is 0 Å². The fourth-order valence-electron chi connectivity index (χ4n) is 3.57. The van der Waals surface area contributed by atoms with Gasteiger partial charge in [-0.3, -0.25) is 4.79 Å². The van der Waals surface area contributed by atoms with Crippen LogP contribution < -0.4 is 10.2 Å². The number of benzene rings is 2. The third-order valence-corrected chi connectivity index (χ3v) is 5.17. The molecule has 0 atom stereocenters. The Morgan fingerprint density at radius 3 is 2.29 bits per heavy atom. The molecule has 4 rings (SSSR count). The molecule has 1 N–H and O–H groups in total. The van der Waals surface area contributed by atoms with Crippen LogP contribution in [-0.2, 0) is 10.2 Å². The maximum atomic E-state index is 14.1. The van der Waals surface area contributed by atoms with E-state index in [9.17, 15) is 9.18 Å². The highest BCUT2D eigenvalue weighted by Gasteiger charge is 2.52. The average molecular weight is 324 g/mol. The fourth-order valence-corrected chi connectivity index (χ4v) is 3.57. The molecule has 2 aromatic carbocycles. The van der Waals surface area contributed by atoms with E-state index in [2.05, 4.69) is 10.2 Å². The predicted octanol–water partition coefficient (Wildman–Crippen LogP) is 4.10. The SMILES string of the molecule is O=C(Nc1ccc(N2CCCC2)cc1)C1(c2ccccc2F)CC1. The summed E-state index contributed by atoms with van der Waals surface area (Å²) in [6, 6.07) is 14.5. The molecular formula is C20H21FN2O. The van der Waals surface area contributed by atoms with Crippen molar-refractivity contribution in [3.63, 3.8) is 0 Å². The zero-order valence-corrected chi connectivity index (χ0v) is 13.6. The van der Waals surface area contributed by atoms with Crippen molar-refractivity contribution in [2.45, 2.75) is 31.1 Å². The average Bonchev–Trinajstić information content (AvgIpc) is 3.22. The first-order chi connectivity index (χ1) is 11.7. The van der Waals surface area contributed by atoms with Gasteiger partial charge < -0.3 is 10.2 Å². The van der Waals surface area contributed by atoms with Crippen LogP contribution in [-0.4, -0.2) is 19.0 Å². The minimum Gasteiger partial charge on any atom is -0.372 e. The molecule has 1 heterocycles. The fraction of sp³-hybridized carbons (Fsp3) is 0.350. The number of halogens is 1. The molecule has 24 heavy (non-hydrogen) atoms. The standard InChI is InChI=1S/C20H21FN2O/c21-18-6-2-1-5-17(18)20(11-12-20)19(24)22-15-7-9-16(10-8-15)23-13-3-4-14-23/h1-2,5-10H,3-4,11-14H2,(H,22,24). The second kappa shape index (κ2) is 5.93. The number of anilines is 2. The lowest BCUT2D eigenvalue weighted by Gasteiger charge is -2.19.